The van der Waals surface area contributed by atoms with E-state index in [0.717, 1.165) is 24.8 Å². The summed E-state index contributed by atoms with van der Waals surface area (Å²) >= 11 is 0. The number of hydroxylamine groups is 2. The number of carbonyl (C=O) groups excluding carboxylic acids is 6. The van der Waals surface area contributed by atoms with Crippen LogP contribution in [0.5, 0.6) is 5.75 Å². The Kier molecular flexibility index (Phi) is 18.4. The summed E-state index contributed by atoms with van der Waals surface area (Å²) in [6.07, 6.45) is 4.11. The Labute approximate surface area is 321 Å². The van der Waals surface area contributed by atoms with Crippen molar-refractivity contribution in [3.05, 3.63) is 77.6 Å². The Morgan fingerprint density at radius 2 is 1.64 bits per heavy atom. The molecule has 2 unspecified atom stereocenters. The van der Waals surface area contributed by atoms with Crippen LogP contribution in [0.1, 0.15) is 92.2 Å². The molecule has 3 atom stereocenters. The van der Waals surface area contributed by atoms with Crippen molar-refractivity contribution in [2.75, 3.05) is 27.5 Å². The summed E-state index contributed by atoms with van der Waals surface area (Å²) in [7, 11) is 2.40. The van der Waals surface area contributed by atoms with Crippen LogP contribution in [0, 0.1) is 5.92 Å². The zero-order valence-corrected chi connectivity index (χ0v) is 32.1. The minimum Gasteiger partial charge on any atom is -0.493 e. The quantitative estimate of drug-likeness (QED) is 0.0368. The molecule has 55 heavy (non-hydrogen) atoms. The van der Waals surface area contributed by atoms with Crippen LogP contribution in [-0.4, -0.2) is 80.7 Å². The molecule has 3 rings (SSSR count). The molecule has 0 radical (unpaired) electrons. The zero-order chi connectivity index (χ0) is 40.2. The minimum atomic E-state index is -1.10. The Hall–Kier alpha value is -5.70. The predicted octanol–water partition coefficient (Wildman–Crippen LogP) is 4.94. The Morgan fingerprint density at radius 1 is 0.873 bits per heavy atom. The molecule has 0 saturated carbocycles. The normalized spacial score (nSPS) is 12.4. The number of unbranched alkanes of at least 4 members (excludes halogenated alkanes) is 2. The number of carbonyl (C=O) groups is 6. The number of ether oxygens (including phenoxy) is 3. The highest BCUT2D eigenvalue weighted by Crippen LogP contribution is 2.29. The maximum absolute atomic E-state index is 13.5. The fourth-order valence-electron chi connectivity index (χ4n) is 5.86. The third kappa shape index (κ3) is 13.3. The van der Waals surface area contributed by atoms with Crippen LogP contribution in [0.2, 0.25) is 0 Å². The van der Waals surface area contributed by atoms with Gasteiger partial charge in [-0.1, -0.05) is 69.5 Å². The van der Waals surface area contributed by atoms with E-state index in [1.54, 1.807) is 25.1 Å². The topological polar surface area (TPSA) is 192 Å². The van der Waals surface area contributed by atoms with Crippen molar-refractivity contribution in [1.29, 1.82) is 0 Å². The number of esters is 2. The number of nitrogens with one attached hydrogen (secondary N) is 3. The number of nitrogens with zero attached hydrogens (tertiary/aromatic N) is 1. The highest BCUT2D eigenvalue weighted by Gasteiger charge is 2.32. The molecule has 0 spiro atoms. The van der Waals surface area contributed by atoms with Gasteiger partial charge in [0, 0.05) is 12.0 Å². The van der Waals surface area contributed by atoms with Crippen molar-refractivity contribution in [1.82, 2.24) is 21.0 Å². The summed E-state index contributed by atoms with van der Waals surface area (Å²) in [4.78, 5) is 81.7. The lowest BCUT2D eigenvalue weighted by molar-refractivity contribution is -0.200. The molecule has 4 amide bonds. The molecule has 298 valence electrons. The van der Waals surface area contributed by atoms with Crippen molar-refractivity contribution < 1.29 is 52.2 Å². The number of methoxy groups -OCH3 is 2. The van der Waals surface area contributed by atoms with E-state index >= 15 is 0 Å². The number of hydrogen-bond donors (Lipinski definition) is 3. The summed E-state index contributed by atoms with van der Waals surface area (Å²) in [6, 6.07) is 15.5. The summed E-state index contributed by atoms with van der Waals surface area (Å²) in [5, 5.41) is 9.23. The molecule has 15 heteroatoms. The SMILES string of the molecule is CCCCCC(C(=O)NCNC(=O)c1ccc(-c2ccc(C(=O)NC(CCC(=O)OC)C(=O)OC)c(OCC)c2)o1)[C@@H](CC)N(C=O)OCc1ccccc1. The first-order valence-corrected chi connectivity index (χ1v) is 18.4. The molecule has 0 aliphatic rings. The highest BCUT2D eigenvalue weighted by atomic mass is 16.7. The predicted molar refractivity (Wildman–Crippen MR) is 201 cm³/mol. The van der Waals surface area contributed by atoms with E-state index in [-0.39, 0.29) is 55.7 Å². The number of rotatable bonds is 24. The van der Waals surface area contributed by atoms with E-state index in [1.165, 1.54) is 31.4 Å². The summed E-state index contributed by atoms with van der Waals surface area (Å²) in [5.41, 5.74) is 1.50. The Bertz CT molecular complexity index is 1710. The lowest BCUT2D eigenvalue weighted by atomic mass is 9.90. The van der Waals surface area contributed by atoms with Gasteiger partial charge in [-0.2, -0.15) is 0 Å². The van der Waals surface area contributed by atoms with Crippen molar-refractivity contribution in [2.24, 2.45) is 5.92 Å². The molecule has 3 N–H and O–H groups in total. The van der Waals surface area contributed by atoms with Crippen LogP contribution in [0.25, 0.3) is 11.3 Å². The number of benzene rings is 2. The largest absolute Gasteiger partial charge is 0.493 e. The molecular weight excluding hydrogens is 712 g/mol. The van der Waals surface area contributed by atoms with Gasteiger partial charge in [-0.05, 0) is 56.0 Å². The molecular formula is C40H52N4O11. The second-order valence-electron chi connectivity index (χ2n) is 12.5. The third-order valence-electron chi connectivity index (χ3n) is 8.80. The molecule has 0 aliphatic carbocycles. The van der Waals surface area contributed by atoms with E-state index in [2.05, 4.69) is 27.6 Å². The number of amides is 4. The first-order valence-electron chi connectivity index (χ1n) is 18.4. The summed E-state index contributed by atoms with van der Waals surface area (Å²) in [6.45, 7) is 5.89. The van der Waals surface area contributed by atoms with Crippen LogP contribution < -0.4 is 20.7 Å². The van der Waals surface area contributed by atoms with Gasteiger partial charge < -0.3 is 34.6 Å². The van der Waals surface area contributed by atoms with Crippen LogP contribution in [0.4, 0.5) is 0 Å². The average molecular weight is 765 g/mol. The number of hydrogen-bond acceptors (Lipinski definition) is 11. The molecule has 0 saturated heterocycles. The second-order valence-corrected chi connectivity index (χ2v) is 12.5. The van der Waals surface area contributed by atoms with E-state index in [1.807, 2.05) is 37.3 Å². The standard InChI is InChI=1S/C40H52N4O11/c1-6-9-11-16-29(32(7-2)44(26-45)54-24-27-14-12-10-13-15-27)37(47)41-25-42-39(49)34-21-20-33(55-34)28-17-18-30(35(23-28)53-8-3)38(48)43-31(40(50)52-5)19-22-36(46)51-4/h10,12-15,17-18,20-21,23,26,29,31-32H,6-9,11,16,19,22,24-25H2,1-5H3,(H,41,47)(H,42,49)(H,43,48)/t29?,31?,32-/m1/s1. The van der Waals surface area contributed by atoms with Crippen LogP contribution >= 0.6 is 0 Å². The van der Waals surface area contributed by atoms with E-state index in [9.17, 15) is 28.8 Å². The van der Waals surface area contributed by atoms with Crippen molar-refractivity contribution in [2.45, 2.75) is 84.4 Å². The summed E-state index contributed by atoms with van der Waals surface area (Å²) < 4.78 is 21.0. The van der Waals surface area contributed by atoms with Gasteiger partial charge in [-0.15, -0.1) is 0 Å². The van der Waals surface area contributed by atoms with Gasteiger partial charge in [-0.3, -0.25) is 28.8 Å². The van der Waals surface area contributed by atoms with Crippen molar-refractivity contribution in [3.63, 3.8) is 0 Å². The van der Waals surface area contributed by atoms with Crippen molar-refractivity contribution >= 4 is 36.1 Å². The molecule has 0 bridgehead atoms. The molecule has 15 nitrogen and oxygen atoms in total. The second kappa shape index (κ2) is 23.2. The minimum absolute atomic E-state index is 0.0251. The zero-order valence-electron chi connectivity index (χ0n) is 32.1. The van der Waals surface area contributed by atoms with Gasteiger partial charge in [0.1, 0.15) is 24.2 Å². The fourth-order valence-corrected chi connectivity index (χ4v) is 5.86. The Balaban J connectivity index is 1.67. The maximum Gasteiger partial charge on any atom is 0.328 e. The lowest BCUT2D eigenvalue weighted by Crippen LogP contribution is -2.48. The van der Waals surface area contributed by atoms with Gasteiger partial charge >= 0.3 is 11.9 Å². The fraction of sp³-hybridized carbons (Fsp3) is 0.450. The third-order valence-corrected chi connectivity index (χ3v) is 8.80. The summed E-state index contributed by atoms with van der Waals surface area (Å²) in [5.74, 6) is -2.92. The molecule has 1 heterocycles. The monoisotopic (exact) mass is 764 g/mol. The van der Waals surface area contributed by atoms with Gasteiger partial charge in [0.05, 0.1) is 45.0 Å². The molecule has 0 aliphatic heterocycles. The molecule has 2 aromatic carbocycles. The molecule has 1 aromatic heterocycles. The van der Waals surface area contributed by atoms with Crippen LogP contribution in [0.15, 0.2) is 65.1 Å². The van der Waals surface area contributed by atoms with E-state index < -0.39 is 41.8 Å². The van der Waals surface area contributed by atoms with Crippen LogP contribution in [-0.2, 0) is 40.1 Å². The first-order chi connectivity index (χ1) is 26.6. The molecule has 3 aromatic rings. The number of furan rings is 1. The van der Waals surface area contributed by atoms with Gasteiger partial charge in [0.15, 0.2) is 5.76 Å². The van der Waals surface area contributed by atoms with Gasteiger partial charge in [-0.25, -0.2) is 9.86 Å². The highest BCUT2D eigenvalue weighted by molar-refractivity contribution is 6.00. The lowest BCUT2D eigenvalue weighted by Gasteiger charge is -2.32. The van der Waals surface area contributed by atoms with Gasteiger partial charge in [0.2, 0.25) is 12.3 Å². The van der Waals surface area contributed by atoms with Gasteiger partial charge in [0.25, 0.3) is 11.8 Å². The molecule has 0 fully saturated rings. The van der Waals surface area contributed by atoms with Crippen molar-refractivity contribution in [3.8, 4) is 17.1 Å². The van der Waals surface area contributed by atoms with E-state index in [0.29, 0.717) is 30.6 Å². The Morgan fingerprint density at radius 3 is 2.29 bits per heavy atom. The maximum atomic E-state index is 13.5. The average Bonchev–Trinajstić information content (AvgIpc) is 3.71. The van der Waals surface area contributed by atoms with Crippen LogP contribution in [0.3, 0.4) is 0 Å². The van der Waals surface area contributed by atoms with E-state index in [4.69, 9.17) is 18.7 Å². The first kappa shape index (κ1) is 43.7. The smallest absolute Gasteiger partial charge is 0.328 e.